The normalized spacial score (nSPS) is 12.0. The van der Waals surface area contributed by atoms with Crippen LogP contribution in [0.5, 0.6) is 0 Å². The van der Waals surface area contributed by atoms with Gasteiger partial charge in [-0.3, -0.25) is 4.79 Å². The van der Waals surface area contributed by atoms with Gasteiger partial charge in [-0.2, -0.15) is 0 Å². The molecule has 0 fully saturated rings. The van der Waals surface area contributed by atoms with E-state index in [1.54, 1.807) is 32.9 Å². The van der Waals surface area contributed by atoms with Crippen LogP contribution < -0.4 is 10.0 Å². The second kappa shape index (κ2) is 8.99. The zero-order chi connectivity index (χ0) is 22.6. The summed E-state index contributed by atoms with van der Waals surface area (Å²) in [7, 11) is -3.66. The molecule has 3 aromatic rings. The van der Waals surface area contributed by atoms with Crippen LogP contribution in [0.1, 0.15) is 36.8 Å². The molecule has 1 amide bonds. The predicted molar refractivity (Wildman–Crippen MR) is 114 cm³/mol. The first-order valence-electron chi connectivity index (χ1n) is 9.66. The first kappa shape index (κ1) is 22.6. The van der Waals surface area contributed by atoms with Crippen LogP contribution in [0.15, 0.2) is 64.1 Å². The first-order chi connectivity index (χ1) is 14.5. The lowest BCUT2D eigenvalue weighted by Crippen LogP contribution is -2.40. The summed E-state index contributed by atoms with van der Waals surface area (Å²) >= 11 is 0. The Labute approximate surface area is 180 Å². The maximum absolute atomic E-state index is 13.0. The molecule has 164 valence electrons. The second-order valence-electron chi connectivity index (χ2n) is 8.04. The van der Waals surface area contributed by atoms with Crippen molar-refractivity contribution in [2.45, 2.75) is 37.6 Å². The van der Waals surface area contributed by atoms with Crippen molar-refractivity contribution in [3.05, 3.63) is 71.9 Å². The number of carbonyl (C=O) groups excluding carboxylic acids is 1. The minimum absolute atomic E-state index is 0.0925. The molecule has 0 aliphatic heterocycles. The average molecular weight is 446 g/mol. The number of halogens is 1. The van der Waals surface area contributed by atoms with E-state index >= 15 is 0 Å². The number of nitrogens with zero attached hydrogens (tertiary/aromatic N) is 1. The zero-order valence-electron chi connectivity index (χ0n) is 17.5. The maximum Gasteiger partial charge on any atom is 0.251 e. The summed E-state index contributed by atoms with van der Waals surface area (Å²) in [5.74, 6) is -0.286. The number of nitrogens with one attached hydrogen (secondary N) is 2. The fraction of sp³-hybridized carbons (Fsp3) is 0.273. The van der Waals surface area contributed by atoms with Gasteiger partial charge in [-0.1, -0.05) is 0 Å². The van der Waals surface area contributed by atoms with Crippen molar-refractivity contribution in [3.63, 3.8) is 0 Å². The number of carbonyl (C=O) groups is 1. The van der Waals surface area contributed by atoms with Crippen molar-refractivity contribution in [2.24, 2.45) is 0 Å². The van der Waals surface area contributed by atoms with Crippen LogP contribution in [0.25, 0.3) is 11.5 Å². The van der Waals surface area contributed by atoms with Crippen LogP contribution in [0.4, 0.5) is 4.39 Å². The maximum atomic E-state index is 13.0. The third-order valence-electron chi connectivity index (χ3n) is 4.18. The Bertz CT molecular complexity index is 1150. The smallest absolute Gasteiger partial charge is 0.251 e. The Morgan fingerprint density at radius 1 is 1.06 bits per heavy atom. The number of hydrogen-bond acceptors (Lipinski definition) is 5. The van der Waals surface area contributed by atoms with Gasteiger partial charge >= 0.3 is 0 Å². The average Bonchev–Trinajstić information content (AvgIpc) is 3.15. The number of hydrogen-bond donors (Lipinski definition) is 2. The first-order valence-corrected chi connectivity index (χ1v) is 11.1. The van der Waals surface area contributed by atoms with Gasteiger partial charge in [-0.25, -0.2) is 22.5 Å². The van der Waals surface area contributed by atoms with Gasteiger partial charge in [0, 0.05) is 29.6 Å². The van der Waals surface area contributed by atoms with Gasteiger partial charge < -0.3 is 9.73 Å². The highest BCUT2D eigenvalue weighted by molar-refractivity contribution is 7.89. The molecule has 31 heavy (non-hydrogen) atoms. The van der Waals surface area contributed by atoms with Gasteiger partial charge in [0.15, 0.2) is 0 Å². The van der Waals surface area contributed by atoms with Crippen molar-refractivity contribution in [1.29, 1.82) is 0 Å². The lowest BCUT2D eigenvalue weighted by molar-refractivity contribution is 0.0954. The molecule has 0 bridgehead atoms. The van der Waals surface area contributed by atoms with Crippen molar-refractivity contribution in [2.75, 3.05) is 6.54 Å². The van der Waals surface area contributed by atoms with Gasteiger partial charge in [0.1, 0.15) is 12.1 Å². The monoisotopic (exact) mass is 445 g/mol. The van der Waals surface area contributed by atoms with E-state index in [0.29, 0.717) is 35.7 Å². The van der Waals surface area contributed by atoms with E-state index in [1.807, 2.05) is 0 Å². The van der Waals surface area contributed by atoms with Crippen molar-refractivity contribution >= 4 is 15.9 Å². The molecule has 9 heteroatoms. The summed E-state index contributed by atoms with van der Waals surface area (Å²) < 4.78 is 45.6. The molecule has 2 N–H and O–H groups in total. The highest BCUT2D eigenvalue weighted by atomic mass is 32.2. The molecule has 1 aromatic heterocycles. The summed E-state index contributed by atoms with van der Waals surface area (Å²) in [5.41, 5.74) is 1.05. The Balaban J connectivity index is 1.55. The summed E-state index contributed by atoms with van der Waals surface area (Å²) in [6, 6.07) is 11.5. The summed E-state index contributed by atoms with van der Waals surface area (Å²) in [6.45, 7) is 5.58. The number of oxazole rings is 1. The molecule has 0 aliphatic carbocycles. The fourth-order valence-electron chi connectivity index (χ4n) is 2.80. The largest absolute Gasteiger partial charge is 0.444 e. The highest BCUT2D eigenvalue weighted by Gasteiger charge is 2.22. The lowest BCUT2D eigenvalue weighted by Gasteiger charge is -2.20. The fourth-order valence-corrected chi connectivity index (χ4v) is 4.22. The SMILES string of the molecule is CC(C)(C)NS(=O)(=O)c1ccc(C(=O)NCCc2coc(-c3ccc(F)cc3)n2)cc1. The molecule has 3 rings (SSSR count). The Hall–Kier alpha value is -3.04. The molecule has 0 atom stereocenters. The minimum atomic E-state index is -3.66. The van der Waals surface area contributed by atoms with Crippen LogP contribution in [0.2, 0.25) is 0 Å². The molecule has 1 heterocycles. The molecule has 0 aliphatic rings. The number of sulfonamides is 1. The van der Waals surface area contributed by atoms with Crippen LogP contribution in [0.3, 0.4) is 0 Å². The molecule has 0 saturated carbocycles. The van der Waals surface area contributed by atoms with Crippen molar-refractivity contribution < 1.29 is 22.0 Å². The second-order valence-corrected chi connectivity index (χ2v) is 9.72. The van der Waals surface area contributed by atoms with E-state index in [0.717, 1.165) is 0 Å². The van der Waals surface area contributed by atoms with E-state index in [-0.39, 0.29) is 16.6 Å². The number of amides is 1. The molecule has 0 saturated heterocycles. The third kappa shape index (κ3) is 6.22. The Kier molecular flexibility index (Phi) is 6.56. The number of benzene rings is 2. The topological polar surface area (TPSA) is 101 Å². The summed E-state index contributed by atoms with van der Waals surface area (Å²) in [5, 5.41) is 2.77. The molecule has 2 aromatic carbocycles. The Morgan fingerprint density at radius 3 is 2.32 bits per heavy atom. The van der Waals surface area contributed by atoms with E-state index in [2.05, 4.69) is 15.0 Å². The van der Waals surface area contributed by atoms with Gasteiger partial charge in [0.05, 0.1) is 10.6 Å². The quantitative estimate of drug-likeness (QED) is 0.579. The van der Waals surface area contributed by atoms with Gasteiger partial charge in [-0.05, 0) is 69.3 Å². The van der Waals surface area contributed by atoms with Crippen molar-refractivity contribution in [3.8, 4) is 11.5 Å². The molecule has 7 nitrogen and oxygen atoms in total. The standard InChI is InChI=1S/C22H24FN3O4S/c1-22(2,3)26-31(28,29)19-10-6-15(7-11-19)20(27)24-13-12-18-14-30-21(25-18)16-4-8-17(23)9-5-16/h4-11,14,26H,12-13H2,1-3H3,(H,24,27). The summed E-state index contributed by atoms with van der Waals surface area (Å²) in [4.78, 5) is 16.8. The van der Waals surface area contributed by atoms with Crippen molar-refractivity contribution in [1.82, 2.24) is 15.0 Å². The molecular formula is C22H24FN3O4S. The summed E-state index contributed by atoms with van der Waals surface area (Å²) in [6.07, 6.45) is 1.94. The number of aromatic nitrogens is 1. The molecule has 0 spiro atoms. The highest BCUT2D eigenvalue weighted by Crippen LogP contribution is 2.19. The van der Waals surface area contributed by atoms with Gasteiger partial charge in [0.2, 0.25) is 15.9 Å². The van der Waals surface area contributed by atoms with Crippen LogP contribution in [0, 0.1) is 5.82 Å². The van der Waals surface area contributed by atoms with E-state index in [1.165, 1.54) is 42.7 Å². The van der Waals surface area contributed by atoms with Crippen LogP contribution >= 0.6 is 0 Å². The van der Waals surface area contributed by atoms with Gasteiger partial charge in [-0.15, -0.1) is 0 Å². The van der Waals surface area contributed by atoms with E-state index < -0.39 is 15.6 Å². The van der Waals surface area contributed by atoms with Crippen LogP contribution in [-0.4, -0.2) is 31.4 Å². The van der Waals surface area contributed by atoms with Gasteiger partial charge in [0.25, 0.3) is 5.91 Å². The van der Waals surface area contributed by atoms with E-state index in [9.17, 15) is 17.6 Å². The number of rotatable bonds is 7. The molecular weight excluding hydrogens is 421 g/mol. The Morgan fingerprint density at radius 2 is 1.71 bits per heavy atom. The lowest BCUT2D eigenvalue weighted by atomic mass is 10.1. The molecule has 0 radical (unpaired) electrons. The van der Waals surface area contributed by atoms with E-state index in [4.69, 9.17) is 4.42 Å². The predicted octanol–water partition coefficient (Wildman–Crippen LogP) is 3.53. The zero-order valence-corrected chi connectivity index (χ0v) is 18.3. The van der Waals surface area contributed by atoms with Crippen LogP contribution in [-0.2, 0) is 16.4 Å². The minimum Gasteiger partial charge on any atom is -0.444 e. The molecule has 0 unspecified atom stereocenters. The third-order valence-corrected chi connectivity index (χ3v) is 5.95.